The first-order valence-electron chi connectivity index (χ1n) is 6.16. The van der Waals surface area contributed by atoms with Crippen LogP contribution in [0.3, 0.4) is 0 Å². The molecule has 0 saturated carbocycles. The molecule has 2 aromatic rings. The zero-order chi connectivity index (χ0) is 15.2. The van der Waals surface area contributed by atoms with E-state index in [0.717, 1.165) is 12.7 Å². The molecule has 108 valence electrons. The second kappa shape index (κ2) is 6.86. The number of nitriles is 1. The molecule has 0 radical (unpaired) electrons. The molecule has 0 atom stereocenters. The maximum Gasteiger partial charge on any atom is 0.263 e. The first-order chi connectivity index (χ1) is 10.2. The van der Waals surface area contributed by atoms with Crippen LogP contribution >= 0.6 is 11.6 Å². The van der Waals surface area contributed by atoms with Gasteiger partial charge >= 0.3 is 0 Å². The summed E-state index contributed by atoms with van der Waals surface area (Å²) >= 11 is 5.96. The van der Waals surface area contributed by atoms with E-state index >= 15 is 0 Å². The molecule has 0 aliphatic heterocycles. The van der Waals surface area contributed by atoms with E-state index in [1.807, 2.05) is 13.0 Å². The summed E-state index contributed by atoms with van der Waals surface area (Å²) in [4.78, 5) is 7.42. The molecular formula is C14H11ClFN3O2. The Morgan fingerprint density at radius 1 is 1.33 bits per heavy atom. The summed E-state index contributed by atoms with van der Waals surface area (Å²) in [5, 5.41) is 8.94. The highest BCUT2D eigenvalue weighted by molar-refractivity contribution is 6.32. The Kier molecular flexibility index (Phi) is 4.90. The Balaban J connectivity index is 2.26. The summed E-state index contributed by atoms with van der Waals surface area (Å²) in [7, 11) is 0. The zero-order valence-corrected chi connectivity index (χ0v) is 11.9. The fourth-order valence-corrected chi connectivity index (χ4v) is 1.69. The van der Waals surface area contributed by atoms with Gasteiger partial charge in [-0.25, -0.2) is 0 Å². The number of benzene rings is 1. The lowest BCUT2D eigenvalue weighted by Gasteiger charge is -2.09. The van der Waals surface area contributed by atoms with Crippen molar-refractivity contribution in [3.05, 3.63) is 40.9 Å². The molecule has 1 aromatic carbocycles. The molecule has 1 aromatic heterocycles. The van der Waals surface area contributed by atoms with Crippen molar-refractivity contribution in [2.45, 2.75) is 13.3 Å². The molecule has 0 aliphatic carbocycles. The number of nitrogens with zero attached hydrogens (tertiary/aromatic N) is 3. The molecule has 0 N–H and O–H groups in total. The van der Waals surface area contributed by atoms with Crippen molar-refractivity contribution >= 4 is 11.6 Å². The van der Waals surface area contributed by atoms with Crippen molar-refractivity contribution in [1.82, 2.24) is 9.97 Å². The highest BCUT2D eigenvalue weighted by atomic mass is 35.5. The van der Waals surface area contributed by atoms with Crippen molar-refractivity contribution in [3.8, 4) is 23.6 Å². The van der Waals surface area contributed by atoms with Gasteiger partial charge in [0.05, 0.1) is 23.3 Å². The topological polar surface area (TPSA) is 68.0 Å². The second-order valence-electron chi connectivity index (χ2n) is 4.01. The average Bonchev–Trinajstić information content (AvgIpc) is 2.50. The third-order valence-corrected chi connectivity index (χ3v) is 2.73. The van der Waals surface area contributed by atoms with Crippen LogP contribution in [0.2, 0.25) is 5.02 Å². The van der Waals surface area contributed by atoms with Gasteiger partial charge in [-0.2, -0.15) is 19.6 Å². The molecule has 0 bridgehead atoms. The minimum absolute atomic E-state index is 0.174. The molecule has 0 unspecified atom stereocenters. The van der Waals surface area contributed by atoms with Crippen molar-refractivity contribution in [1.29, 1.82) is 5.26 Å². The Hall–Kier alpha value is -2.39. The number of halogens is 2. The van der Waals surface area contributed by atoms with Gasteiger partial charge < -0.3 is 9.47 Å². The summed E-state index contributed by atoms with van der Waals surface area (Å²) in [6.45, 7) is 2.23. The lowest BCUT2D eigenvalue weighted by Crippen LogP contribution is -2.02. The fourth-order valence-electron chi connectivity index (χ4n) is 1.47. The third kappa shape index (κ3) is 3.58. The monoisotopic (exact) mass is 307 g/mol. The van der Waals surface area contributed by atoms with Gasteiger partial charge in [0, 0.05) is 0 Å². The van der Waals surface area contributed by atoms with Gasteiger partial charge in [0.15, 0.2) is 0 Å². The lowest BCUT2D eigenvalue weighted by molar-refractivity contribution is 0.280. The predicted molar refractivity (Wildman–Crippen MR) is 74.0 cm³/mol. The Labute approximate surface area is 125 Å². The number of aromatic nitrogens is 2. The predicted octanol–water partition coefficient (Wildman–Crippen LogP) is 3.72. The molecule has 21 heavy (non-hydrogen) atoms. The van der Waals surface area contributed by atoms with Crippen molar-refractivity contribution in [2.75, 3.05) is 6.61 Å². The van der Waals surface area contributed by atoms with Gasteiger partial charge in [0.2, 0.25) is 5.82 Å². The van der Waals surface area contributed by atoms with Crippen LogP contribution in [0.15, 0.2) is 24.5 Å². The van der Waals surface area contributed by atoms with Crippen LogP contribution in [0, 0.1) is 17.1 Å². The number of ether oxygens (including phenoxy) is 2. The maximum absolute atomic E-state index is 14.1. The normalized spacial score (nSPS) is 10.0. The summed E-state index contributed by atoms with van der Waals surface area (Å²) in [5.41, 5.74) is 0.377. The number of hydrogen-bond donors (Lipinski definition) is 0. The zero-order valence-electron chi connectivity index (χ0n) is 11.1. The smallest absolute Gasteiger partial charge is 0.263 e. The van der Waals surface area contributed by atoms with Gasteiger partial charge in [-0.05, 0) is 24.6 Å². The average molecular weight is 308 g/mol. The van der Waals surface area contributed by atoms with Crippen molar-refractivity contribution in [3.63, 3.8) is 0 Å². The van der Waals surface area contributed by atoms with E-state index in [2.05, 4.69) is 9.97 Å². The first-order valence-corrected chi connectivity index (χ1v) is 6.54. The van der Waals surface area contributed by atoms with Crippen LogP contribution < -0.4 is 9.47 Å². The highest BCUT2D eigenvalue weighted by Crippen LogP contribution is 2.31. The van der Waals surface area contributed by atoms with E-state index in [0.29, 0.717) is 12.2 Å². The van der Waals surface area contributed by atoms with E-state index in [1.165, 1.54) is 18.2 Å². The lowest BCUT2D eigenvalue weighted by atomic mass is 10.2. The largest absolute Gasteiger partial charge is 0.475 e. The molecule has 0 aliphatic rings. The SMILES string of the molecule is CCCOc1ncnc(Oc2ccc(C#N)cc2Cl)c1F. The van der Waals surface area contributed by atoms with Gasteiger partial charge in [-0.1, -0.05) is 18.5 Å². The summed E-state index contributed by atoms with van der Waals surface area (Å²) in [6.07, 6.45) is 1.86. The fraction of sp³-hybridized carbons (Fsp3) is 0.214. The maximum atomic E-state index is 14.1. The minimum Gasteiger partial charge on any atom is -0.475 e. The molecule has 0 spiro atoms. The molecule has 1 heterocycles. The van der Waals surface area contributed by atoms with Crippen LogP contribution in [0.1, 0.15) is 18.9 Å². The van der Waals surface area contributed by atoms with E-state index in [9.17, 15) is 4.39 Å². The highest BCUT2D eigenvalue weighted by Gasteiger charge is 2.16. The Morgan fingerprint density at radius 3 is 2.76 bits per heavy atom. The van der Waals surface area contributed by atoms with Crippen LogP contribution in [0.5, 0.6) is 17.5 Å². The molecule has 7 heteroatoms. The molecule has 0 amide bonds. The summed E-state index contributed by atoms with van der Waals surface area (Å²) in [5.74, 6) is -1.07. The Morgan fingerprint density at radius 2 is 2.10 bits per heavy atom. The number of rotatable bonds is 5. The third-order valence-electron chi connectivity index (χ3n) is 2.44. The molecule has 5 nitrogen and oxygen atoms in total. The van der Waals surface area contributed by atoms with Crippen LogP contribution in [-0.4, -0.2) is 16.6 Å². The molecular weight excluding hydrogens is 297 g/mol. The first kappa shape index (κ1) is 15.0. The minimum atomic E-state index is -0.800. The quantitative estimate of drug-likeness (QED) is 0.842. The summed E-state index contributed by atoms with van der Waals surface area (Å²) in [6, 6.07) is 6.34. The van der Waals surface area contributed by atoms with E-state index in [1.54, 1.807) is 0 Å². The van der Waals surface area contributed by atoms with Crippen molar-refractivity contribution in [2.24, 2.45) is 0 Å². The van der Waals surface area contributed by atoms with Crippen LogP contribution in [0.25, 0.3) is 0 Å². The number of hydrogen-bond acceptors (Lipinski definition) is 5. The van der Waals surface area contributed by atoms with Gasteiger partial charge in [0.1, 0.15) is 12.1 Å². The van der Waals surface area contributed by atoms with E-state index < -0.39 is 5.82 Å². The molecule has 0 fully saturated rings. The molecule has 0 saturated heterocycles. The standard InChI is InChI=1S/C14H11ClFN3O2/c1-2-5-20-13-12(16)14(19-8-18-13)21-11-4-3-9(7-17)6-10(11)15/h3-4,6,8H,2,5H2,1H3. The van der Waals surface area contributed by atoms with E-state index in [4.69, 9.17) is 26.3 Å². The van der Waals surface area contributed by atoms with Crippen LogP contribution in [0.4, 0.5) is 4.39 Å². The van der Waals surface area contributed by atoms with E-state index in [-0.39, 0.29) is 22.5 Å². The Bertz CT molecular complexity index is 688. The van der Waals surface area contributed by atoms with Gasteiger partial charge in [0.25, 0.3) is 11.8 Å². The van der Waals surface area contributed by atoms with Crippen LogP contribution in [-0.2, 0) is 0 Å². The second-order valence-corrected chi connectivity index (χ2v) is 4.41. The van der Waals surface area contributed by atoms with Gasteiger partial charge in [-0.3, -0.25) is 0 Å². The van der Waals surface area contributed by atoms with Gasteiger partial charge in [-0.15, -0.1) is 0 Å². The molecule has 2 rings (SSSR count). The van der Waals surface area contributed by atoms with Crippen molar-refractivity contribution < 1.29 is 13.9 Å². The summed E-state index contributed by atoms with van der Waals surface area (Å²) < 4.78 is 24.5.